The largest absolute Gasteiger partial charge is 0.416 e. The van der Waals surface area contributed by atoms with Crippen molar-refractivity contribution in [1.29, 1.82) is 0 Å². The lowest BCUT2D eigenvalue weighted by Crippen LogP contribution is -2.43. The van der Waals surface area contributed by atoms with Crippen LogP contribution in [0.5, 0.6) is 0 Å². The summed E-state index contributed by atoms with van der Waals surface area (Å²) in [6, 6.07) is 23.0. The number of nitrogens with two attached hydrogens (primary N) is 1. The average Bonchev–Trinajstić information content (AvgIpc) is 3.30. The van der Waals surface area contributed by atoms with Crippen LogP contribution in [-0.4, -0.2) is 33.9 Å². The smallest absolute Gasteiger partial charge is 0.248 e. The number of aliphatic hydroxyl groups is 1. The molecule has 0 aliphatic carbocycles. The van der Waals surface area contributed by atoms with Crippen molar-refractivity contribution in [2.75, 3.05) is 6.61 Å². The molecule has 1 unspecified atom stereocenters. The normalized spacial score (nSPS) is 11.9. The minimum absolute atomic E-state index is 0.344. The zero-order valence-corrected chi connectivity index (χ0v) is 17.7. The maximum atomic E-state index is 11.2. The molecule has 0 aliphatic heterocycles. The number of hydrogen-bond donors (Lipinski definition) is 3. The molecule has 162 valence electrons. The number of amides is 1. The molecular weight excluding hydrogens is 404 g/mol. The van der Waals surface area contributed by atoms with Gasteiger partial charge in [-0.3, -0.25) is 10.1 Å². The van der Waals surface area contributed by atoms with E-state index in [-0.39, 0.29) is 6.61 Å². The predicted molar refractivity (Wildman–Crippen MR) is 122 cm³/mol. The van der Waals surface area contributed by atoms with E-state index < -0.39 is 11.9 Å². The summed E-state index contributed by atoms with van der Waals surface area (Å²) in [4.78, 5) is 11.2. The van der Waals surface area contributed by atoms with Crippen molar-refractivity contribution >= 4 is 5.91 Å². The Morgan fingerprint density at radius 3 is 2.31 bits per heavy atom. The molecule has 1 heterocycles. The molecule has 0 saturated carbocycles. The lowest BCUT2D eigenvalue weighted by molar-refractivity contribution is -0.120. The van der Waals surface area contributed by atoms with Crippen molar-refractivity contribution in [2.45, 2.75) is 19.5 Å². The molecule has 0 saturated heterocycles. The van der Waals surface area contributed by atoms with Crippen molar-refractivity contribution in [3.63, 3.8) is 0 Å². The van der Waals surface area contributed by atoms with Gasteiger partial charge in [0.05, 0.1) is 6.61 Å². The van der Waals surface area contributed by atoms with E-state index >= 15 is 0 Å². The zero-order chi connectivity index (χ0) is 22.5. The van der Waals surface area contributed by atoms with E-state index in [1.807, 2.05) is 54.6 Å². The quantitative estimate of drug-likeness (QED) is 0.397. The van der Waals surface area contributed by atoms with Crippen LogP contribution in [0.4, 0.5) is 0 Å². The maximum absolute atomic E-state index is 11.2. The van der Waals surface area contributed by atoms with Crippen LogP contribution >= 0.6 is 0 Å². The summed E-state index contributed by atoms with van der Waals surface area (Å²) in [6.45, 7) is 2.10. The number of carbonyl (C=O) groups is 1. The Morgan fingerprint density at radius 2 is 1.62 bits per heavy atom. The molecular formula is C25H24N4O3. The van der Waals surface area contributed by atoms with Gasteiger partial charge in [0.2, 0.25) is 17.7 Å². The Labute approximate surface area is 185 Å². The van der Waals surface area contributed by atoms with Crippen molar-refractivity contribution in [1.82, 2.24) is 15.5 Å². The zero-order valence-electron chi connectivity index (χ0n) is 17.7. The number of nitrogens with one attached hydrogen (secondary N) is 1. The van der Waals surface area contributed by atoms with Gasteiger partial charge < -0.3 is 15.3 Å². The highest BCUT2D eigenvalue weighted by Crippen LogP contribution is 2.32. The Morgan fingerprint density at radius 1 is 0.938 bits per heavy atom. The fourth-order valence-corrected chi connectivity index (χ4v) is 3.51. The fraction of sp³-hybridized carbons (Fsp3) is 0.160. The summed E-state index contributed by atoms with van der Waals surface area (Å²) >= 11 is 0. The van der Waals surface area contributed by atoms with Crippen molar-refractivity contribution in [3.8, 4) is 34.0 Å². The first kappa shape index (κ1) is 21.4. The van der Waals surface area contributed by atoms with Gasteiger partial charge in [-0.1, -0.05) is 54.6 Å². The highest BCUT2D eigenvalue weighted by molar-refractivity contribution is 5.80. The minimum atomic E-state index is -0.775. The van der Waals surface area contributed by atoms with Gasteiger partial charge in [0.1, 0.15) is 6.04 Å². The first-order valence-electron chi connectivity index (χ1n) is 10.3. The summed E-state index contributed by atoms with van der Waals surface area (Å²) in [5.41, 5.74) is 11.2. The summed E-state index contributed by atoms with van der Waals surface area (Å²) in [5.74, 6) is 0.303. The first-order valence-corrected chi connectivity index (χ1v) is 10.3. The highest BCUT2D eigenvalue weighted by atomic mass is 16.4. The monoisotopic (exact) mass is 428 g/mol. The Bertz CT molecular complexity index is 1200. The van der Waals surface area contributed by atoms with Crippen LogP contribution in [0.2, 0.25) is 0 Å². The maximum Gasteiger partial charge on any atom is 0.248 e. The molecule has 3 aromatic carbocycles. The fourth-order valence-electron chi connectivity index (χ4n) is 3.51. The third kappa shape index (κ3) is 4.59. The van der Waals surface area contributed by atoms with Gasteiger partial charge >= 0.3 is 0 Å². The number of benzene rings is 3. The molecule has 7 nitrogen and oxygen atoms in total. The number of carbonyl (C=O) groups excluding carboxylic acids is 1. The second-order valence-corrected chi connectivity index (χ2v) is 7.47. The molecule has 0 bridgehead atoms. The van der Waals surface area contributed by atoms with Gasteiger partial charge in [-0.15, -0.1) is 10.2 Å². The average molecular weight is 428 g/mol. The Balaban J connectivity index is 1.53. The number of primary amides is 1. The van der Waals surface area contributed by atoms with Crippen molar-refractivity contribution in [3.05, 3.63) is 83.9 Å². The van der Waals surface area contributed by atoms with Crippen molar-refractivity contribution in [2.24, 2.45) is 5.73 Å². The van der Waals surface area contributed by atoms with Gasteiger partial charge in [0.15, 0.2) is 0 Å². The van der Waals surface area contributed by atoms with E-state index in [1.165, 1.54) is 0 Å². The van der Waals surface area contributed by atoms with Gasteiger partial charge in [-0.05, 0) is 47.4 Å². The second-order valence-electron chi connectivity index (χ2n) is 7.47. The van der Waals surface area contributed by atoms with E-state index in [4.69, 9.17) is 10.2 Å². The standard InChI is InChI=1S/C25H24N4O3/c1-16-20(18-6-3-2-4-7-18)8-5-9-21(16)25-29-28-24(32-25)19-12-10-17(11-13-19)14-27-22(15-30)23(26)31/h2-13,22,27,30H,14-15H2,1H3,(H2,26,31). The van der Waals surface area contributed by atoms with E-state index in [9.17, 15) is 9.90 Å². The second kappa shape index (κ2) is 9.55. The molecule has 1 aromatic heterocycles. The SMILES string of the molecule is Cc1c(-c2ccccc2)cccc1-c1nnc(-c2ccc(CNC(CO)C(N)=O)cc2)o1. The number of nitrogens with zero attached hydrogens (tertiary/aromatic N) is 2. The molecule has 1 amide bonds. The van der Waals surface area contributed by atoms with Gasteiger partial charge in [0.25, 0.3) is 0 Å². The van der Waals surface area contributed by atoms with E-state index in [1.54, 1.807) is 0 Å². The summed E-state index contributed by atoms with van der Waals surface area (Å²) in [7, 11) is 0. The molecule has 0 aliphatic rings. The molecule has 7 heteroatoms. The van der Waals surface area contributed by atoms with Crippen molar-refractivity contribution < 1.29 is 14.3 Å². The van der Waals surface area contributed by atoms with Crippen LogP contribution in [0, 0.1) is 6.92 Å². The molecule has 32 heavy (non-hydrogen) atoms. The number of rotatable bonds is 8. The summed E-state index contributed by atoms with van der Waals surface area (Å²) < 4.78 is 5.98. The van der Waals surface area contributed by atoms with Crippen LogP contribution in [0.15, 0.2) is 77.2 Å². The minimum Gasteiger partial charge on any atom is -0.416 e. The van der Waals surface area contributed by atoms with Gasteiger partial charge in [-0.25, -0.2) is 0 Å². The van der Waals surface area contributed by atoms with E-state index in [0.717, 1.165) is 33.4 Å². The Kier molecular flexibility index (Phi) is 6.39. The predicted octanol–water partition coefficient (Wildman–Crippen LogP) is 3.31. The number of aromatic nitrogens is 2. The topological polar surface area (TPSA) is 114 Å². The first-order chi connectivity index (χ1) is 15.6. The van der Waals surface area contributed by atoms with Crippen LogP contribution in [0.25, 0.3) is 34.0 Å². The number of hydrogen-bond acceptors (Lipinski definition) is 6. The third-order valence-corrected chi connectivity index (χ3v) is 5.35. The highest BCUT2D eigenvalue weighted by Gasteiger charge is 2.16. The molecule has 1 atom stereocenters. The summed E-state index contributed by atoms with van der Waals surface area (Å²) in [5, 5.41) is 20.6. The molecule has 4 rings (SSSR count). The Hall–Kier alpha value is -3.81. The van der Waals surface area contributed by atoms with Crippen LogP contribution in [0.1, 0.15) is 11.1 Å². The van der Waals surface area contributed by atoms with Gasteiger partial charge in [0, 0.05) is 17.7 Å². The number of aliphatic hydroxyl groups excluding tert-OH is 1. The van der Waals surface area contributed by atoms with E-state index in [2.05, 4.69) is 40.6 Å². The van der Waals surface area contributed by atoms with Crippen LogP contribution in [0.3, 0.4) is 0 Å². The molecule has 0 radical (unpaired) electrons. The van der Waals surface area contributed by atoms with Gasteiger partial charge in [-0.2, -0.15) is 0 Å². The third-order valence-electron chi connectivity index (χ3n) is 5.35. The summed E-state index contributed by atoms with van der Waals surface area (Å²) in [6.07, 6.45) is 0. The molecule has 0 fully saturated rings. The van der Waals surface area contributed by atoms with Crippen LogP contribution < -0.4 is 11.1 Å². The molecule has 0 spiro atoms. The lowest BCUT2D eigenvalue weighted by atomic mass is 9.96. The molecule has 4 N–H and O–H groups in total. The lowest BCUT2D eigenvalue weighted by Gasteiger charge is -2.12. The van der Waals surface area contributed by atoms with Crippen LogP contribution in [-0.2, 0) is 11.3 Å². The molecule has 4 aromatic rings. The van der Waals surface area contributed by atoms with E-state index in [0.29, 0.717) is 18.3 Å².